The lowest BCUT2D eigenvalue weighted by molar-refractivity contribution is -0.135. The van der Waals surface area contributed by atoms with Gasteiger partial charge in [-0.1, -0.05) is 32.0 Å². The Labute approximate surface area is 130 Å². The molecule has 2 heterocycles. The number of carbonyl (C=O) groups excluding carboxylic acids is 1. The number of benzene rings is 1. The minimum Gasteiger partial charge on any atom is -0.465 e. The highest BCUT2D eigenvalue weighted by Crippen LogP contribution is 2.33. The number of nitrogens with zero attached hydrogens (tertiary/aromatic N) is 2. The van der Waals surface area contributed by atoms with E-state index in [0.717, 1.165) is 25.1 Å². The lowest BCUT2D eigenvalue weighted by Crippen LogP contribution is -2.52. The number of anilines is 1. The number of rotatable bonds is 1. The van der Waals surface area contributed by atoms with E-state index in [9.17, 15) is 14.7 Å². The lowest BCUT2D eigenvalue weighted by Gasteiger charge is -2.37. The molecule has 3 atom stereocenters. The van der Waals surface area contributed by atoms with Crippen LogP contribution in [-0.2, 0) is 11.2 Å². The van der Waals surface area contributed by atoms with Crippen molar-refractivity contribution < 1.29 is 14.7 Å². The second-order valence-corrected chi connectivity index (χ2v) is 6.69. The molecule has 2 aliphatic heterocycles. The molecule has 1 aromatic rings. The van der Waals surface area contributed by atoms with Crippen LogP contribution in [0.1, 0.15) is 25.8 Å². The van der Waals surface area contributed by atoms with Crippen molar-refractivity contribution in [3.05, 3.63) is 29.8 Å². The van der Waals surface area contributed by atoms with Gasteiger partial charge in [-0.05, 0) is 29.9 Å². The zero-order chi connectivity index (χ0) is 15.9. The fraction of sp³-hybridized carbons (Fsp3) is 0.529. The van der Waals surface area contributed by atoms with Crippen LogP contribution in [0.15, 0.2) is 24.3 Å². The van der Waals surface area contributed by atoms with Gasteiger partial charge in [0.2, 0.25) is 5.91 Å². The number of carbonyl (C=O) groups is 2. The third kappa shape index (κ3) is 2.56. The number of fused-ring (bicyclic) bond motifs is 1. The van der Waals surface area contributed by atoms with Crippen LogP contribution in [0.3, 0.4) is 0 Å². The van der Waals surface area contributed by atoms with Crippen molar-refractivity contribution >= 4 is 17.7 Å². The Morgan fingerprint density at radius 2 is 1.77 bits per heavy atom. The molecule has 0 bridgehead atoms. The molecule has 0 aliphatic carbocycles. The summed E-state index contributed by atoms with van der Waals surface area (Å²) < 4.78 is 0. The van der Waals surface area contributed by atoms with Crippen LogP contribution in [0.25, 0.3) is 0 Å². The molecule has 0 radical (unpaired) electrons. The van der Waals surface area contributed by atoms with Crippen LogP contribution in [0, 0.1) is 11.8 Å². The molecule has 2 aliphatic rings. The molecule has 1 N–H and O–H groups in total. The van der Waals surface area contributed by atoms with Crippen LogP contribution < -0.4 is 4.90 Å². The number of amides is 2. The Hall–Kier alpha value is -2.04. The van der Waals surface area contributed by atoms with Gasteiger partial charge in [0.05, 0.1) is 5.69 Å². The predicted octanol–water partition coefficient (Wildman–Crippen LogP) is 2.60. The molecule has 0 unspecified atom stereocenters. The number of hydrogen-bond donors (Lipinski definition) is 1. The molecule has 1 fully saturated rings. The van der Waals surface area contributed by atoms with Crippen molar-refractivity contribution in [1.29, 1.82) is 0 Å². The Bertz CT molecular complexity index is 591. The van der Waals surface area contributed by atoms with E-state index >= 15 is 0 Å². The molecular formula is C17H22N2O3. The first-order valence-electron chi connectivity index (χ1n) is 7.86. The summed E-state index contributed by atoms with van der Waals surface area (Å²) in [6, 6.07) is 6.76. The molecule has 0 spiro atoms. The average Bonchev–Trinajstić information content (AvgIpc) is 2.84. The van der Waals surface area contributed by atoms with Crippen LogP contribution in [0.2, 0.25) is 0 Å². The van der Waals surface area contributed by atoms with Crippen LogP contribution >= 0.6 is 0 Å². The number of piperidine rings is 1. The first-order chi connectivity index (χ1) is 10.5. The number of likely N-dealkylation sites (tertiary alicyclic amines) is 1. The molecule has 118 valence electrons. The molecular weight excluding hydrogens is 280 g/mol. The van der Waals surface area contributed by atoms with Crippen molar-refractivity contribution in [2.24, 2.45) is 11.8 Å². The first-order valence-corrected chi connectivity index (χ1v) is 7.86. The summed E-state index contributed by atoms with van der Waals surface area (Å²) >= 11 is 0. The normalized spacial score (nSPS) is 27.6. The number of para-hydroxylation sites is 1. The Kier molecular flexibility index (Phi) is 3.81. The Morgan fingerprint density at radius 3 is 2.41 bits per heavy atom. The number of carboxylic acid groups (broad SMARTS) is 1. The molecule has 0 saturated carbocycles. The molecule has 1 aromatic carbocycles. The highest BCUT2D eigenvalue weighted by molar-refractivity contribution is 5.99. The summed E-state index contributed by atoms with van der Waals surface area (Å²) in [5, 5.41) is 9.54. The van der Waals surface area contributed by atoms with E-state index in [2.05, 4.69) is 13.8 Å². The van der Waals surface area contributed by atoms with E-state index in [4.69, 9.17) is 0 Å². The van der Waals surface area contributed by atoms with Crippen molar-refractivity contribution in [2.75, 3.05) is 18.0 Å². The van der Waals surface area contributed by atoms with Gasteiger partial charge in [-0.2, -0.15) is 0 Å². The summed E-state index contributed by atoms with van der Waals surface area (Å²) in [4.78, 5) is 27.6. The molecule has 22 heavy (non-hydrogen) atoms. The van der Waals surface area contributed by atoms with E-state index in [-0.39, 0.29) is 5.91 Å². The number of hydrogen-bond acceptors (Lipinski definition) is 2. The van der Waals surface area contributed by atoms with Crippen LogP contribution in [0.4, 0.5) is 10.5 Å². The van der Waals surface area contributed by atoms with E-state index in [1.165, 1.54) is 4.90 Å². The van der Waals surface area contributed by atoms with Gasteiger partial charge in [-0.3, -0.25) is 9.69 Å². The summed E-state index contributed by atoms with van der Waals surface area (Å²) in [7, 11) is 0. The van der Waals surface area contributed by atoms with E-state index in [1.807, 2.05) is 23.1 Å². The maximum atomic E-state index is 12.9. The van der Waals surface area contributed by atoms with Gasteiger partial charge in [0, 0.05) is 19.5 Å². The topological polar surface area (TPSA) is 60.9 Å². The Balaban J connectivity index is 1.85. The summed E-state index contributed by atoms with van der Waals surface area (Å²) in [5.74, 6) is 0.876. The lowest BCUT2D eigenvalue weighted by atomic mass is 9.91. The quantitative estimate of drug-likeness (QED) is 0.867. The predicted molar refractivity (Wildman–Crippen MR) is 84.0 cm³/mol. The second-order valence-electron chi connectivity index (χ2n) is 6.69. The van der Waals surface area contributed by atoms with Gasteiger partial charge in [-0.15, -0.1) is 0 Å². The first kappa shape index (κ1) is 14.9. The van der Waals surface area contributed by atoms with Crippen LogP contribution in [0.5, 0.6) is 0 Å². The molecule has 2 amide bonds. The summed E-state index contributed by atoms with van der Waals surface area (Å²) in [6.45, 7) is 5.75. The highest BCUT2D eigenvalue weighted by Gasteiger charge is 2.41. The molecule has 3 rings (SSSR count). The molecule has 5 heteroatoms. The van der Waals surface area contributed by atoms with Crippen molar-refractivity contribution in [3.63, 3.8) is 0 Å². The average molecular weight is 302 g/mol. The largest absolute Gasteiger partial charge is 0.465 e. The smallest absolute Gasteiger partial charge is 0.412 e. The minimum absolute atomic E-state index is 0.0583. The van der Waals surface area contributed by atoms with Crippen LogP contribution in [-0.4, -0.2) is 41.1 Å². The minimum atomic E-state index is -1.05. The fourth-order valence-electron chi connectivity index (χ4n) is 3.87. The van der Waals surface area contributed by atoms with Crippen molar-refractivity contribution in [1.82, 2.24) is 4.90 Å². The third-order valence-electron chi connectivity index (χ3n) is 4.65. The van der Waals surface area contributed by atoms with Gasteiger partial charge in [-0.25, -0.2) is 4.79 Å². The molecule has 0 aromatic heterocycles. The van der Waals surface area contributed by atoms with E-state index < -0.39 is 12.1 Å². The zero-order valence-electron chi connectivity index (χ0n) is 13.0. The zero-order valence-corrected chi connectivity index (χ0v) is 13.0. The summed E-state index contributed by atoms with van der Waals surface area (Å²) in [6.07, 6.45) is 0.541. The third-order valence-corrected chi connectivity index (χ3v) is 4.65. The van der Waals surface area contributed by atoms with Gasteiger partial charge in [0.25, 0.3) is 0 Å². The van der Waals surface area contributed by atoms with Crippen molar-refractivity contribution in [2.45, 2.75) is 32.7 Å². The SMILES string of the molecule is C[C@@H]1C[C@H](C)CN(C(=O)[C@@H]2Cc3ccccc3N2C(=O)O)C1. The molecule has 5 nitrogen and oxygen atoms in total. The fourth-order valence-corrected chi connectivity index (χ4v) is 3.87. The molecule has 1 saturated heterocycles. The van der Waals surface area contributed by atoms with Gasteiger partial charge in [0.1, 0.15) is 6.04 Å². The second kappa shape index (κ2) is 5.63. The standard InChI is InChI=1S/C17H22N2O3/c1-11-7-12(2)10-18(9-11)16(20)15-8-13-5-3-4-6-14(13)19(15)17(21)22/h3-6,11-12,15H,7-10H2,1-2H3,(H,21,22)/t11-,12+,15-/m0/s1. The summed E-state index contributed by atoms with van der Waals surface area (Å²) in [5.41, 5.74) is 1.58. The highest BCUT2D eigenvalue weighted by atomic mass is 16.4. The van der Waals surface area contributed by atoms with E-state index in [0.29, 0.717) is 23.9 Å². The Morgan fingerprint density at radius 1 is 1.14 bits per heavy atom. The monoisotopic (exact) mass is 302 g/mol. The van der Waals surface area contributed by atoms with E-state index in [1.54, 1.807) is 6.07 Å². The maximum absolute atomic E-state index is 12.9. The van der Waals surface area contributed by atoms with Gasteiger partial charge >= 0.3 is 6.09 Å². The maximum Gasteiger partial charge on any atom is 0.412 e. The van der Waals surface area contributed by atoms with Gasteiger partial charge in [0.15, 0.2) is 0 Å². The van der Waals surface area contributed by atoms with Gasteiger partial charge < -0.3 is 10.0 Å². The van der Waals surface area contributed by atoms with Crippen molar-refractivity contribution in [3.8, 4) is 0 Å².